The van der Waals surface area contributed by atoms with Crippen LogP contribution in [-0.4, -0.2) is 21.8 Å². The number of phenolic OH excluding ortho intramolecular Hbond substituents is 1. The molecule has 0 bridgehead atoms. The molecule has 1 heterocycles. The van der Waals surface area contributed by atoms with Crippen molar-refractivity contribution in [3.8, 4) is 11.5 Å². The molecule has 0 saturated heterocycles. The molecule has 1 aliphatic heterocycles. The van der Waals surface area contributed by atoms with Gasteiger partial charge in [-0.1, -0.05) is 25.8 Å². The van der Waals surface area contributed by atoms with Gasteiger partial charge in [0.05, 0.1) is 0 Å². The third-order valence-electron chi connectivity index (χ3n) is 5.70. The largest absolute Gasteiger partial charge is 0.508 e. The van der Waals surface area contributed by atoms with E-state index in [1.54, 1.807) is 0 Å². The smallest absolute Gasteiger partial charge is 0.331 e. The SMILES string of the molecule is CCCCCc1cc(O)c2c(c1)OC(C)(C)[C@H]1CC=C(C(=O)O)C[C@@H]21. The first-order valence-corrected chi connectivity index (χ1v) is 9.30. The Kier molecular flexibility index (Phi) is 4.81. The lowest BCUT2D eigenvalue weighted by atomic mass is 9.67. The maximum Gasteiger partial charge on any atom is 0.331 e. The molecule has 0 unspecified atom stereocenters. The van der Waals surface area contributed by atoms with Gasteiger partial charge in [0, 0.05) is 23.0 Å². The first-order valence-electron chi connectivity index (χ1n) is 9.30. The van der Waals surface area contributed by atoms with Crippen molar-refractivity contribution in [1.82, 2.24) is 0 Å². The van der Waals surface area contributed by atoms with Crippen molar-refractivity contribution in [3.63, 3.8) is 0 Å². The van der Waals surface area contributed by atoms with Crippen LogP contribution >= 0.6 is 0 Å². The number of hydrogen-bond donors (Lipinski definition) is 2. The molecule has 25 heavy (non-hydrogen) atoms. The third kappa shape index (κ3) is 3.39. The van der Waals surface area contributed by atoms with E-state index in [9.17, 15) is 15.0 Å². The zero-order valence-corrected chi connectivity index (χ0v) is 15.3. The average molecular weight is 344 g/mol. The predicted molar refractivity (Wildman–Crippen MR) is 97.2 cm³/mol. The minimum Gasteiger partial charge on any atom is -0.508 e. The molecule has 1 aliphatic carbocycles. The Morgan fingerprint density at radius 3 is 2.76 bits per heavy atom. The Morgan fingerprint density at radius 1 is 1.32 bits per heavy atom. The van der Waals surface area contributed by atoms with Crippen LogP contribution in [0.3, 0.4) is 0 Å². The fourth-order valence-corrected chi connectivity index (χ4v) is 4.35. The number of carboxylic acid groups (broad SMARTS) is 1. The molecule has 4 nitrogen and oxygen atoms in total. The van der Waals surface area contributed by atoms with Gasteiger partial charge in [0.1, 0.15) is 17.1 Å². The number of carboxylic acids is 1. The third-order valence-corrected chi connectivity index (χ3v) is 5.70. The summed E-state index contributed by atoms with van der Waals surface area (Å²) < 4.78 is 6.28. The number of carbonyl (C=O) groups is 1. The molecule has 0 spiro atoms. The second kappa shape index (κ2) is 6.74. The van der Waals surface area contributed by atoms with E-state index in [0.717, 1.165) is 36.1 Å². The van der Waals surface area contributed by atoms with Crippen LogP contribution in [0.4, 0.5) is 0 Å². The molecule has 0 fully saturated rings. The molecule has 2 aliphatic rings. The summed E-state index contributed by atoms with van der Waals surface area (Å²) in [5.74, 6) is 0.269. The number of phenols is 1. The first kappa shape index (κ1) is 17.8. The minimum absolute atomic E-state index is 0.0143. The van der Waals surface area contributed by atoms with Crippen LogP contribution in [0.25, 0.3) is 0 Å². The van der Waals surface area contributed by atoms with Gasteiger partial charge >= 0.3 is 5.97 Å². The van der Waals surface area contributed by atoms with Crippen LogP contribution in [-0.2, 0) is 11.2 Å². The van der Waals surface area contributed by atoms with E-state index >= 15 is 0 Å². The van der Waals surface area contributed by atoms with Crippen LogP contribution in [0.2, 0.25) is 0 Å². The van der Waals surface area contributed by atoms with Gasteiger partial charge in [-0.05, 0) is 57.2 Å². The molecule has 2 atom stereocenters. The standard InChI is InChI=1S/C21H28O4/c1-4-5-6-7-13-10-17(22)19-15-12-14(20(23)24)8-9-16(15)21(2,3)25-18(19)11-13/h8,10-11,15-16,22H,4-7,9,12H2,1-3H3,(H,23,24)/t15-,16+/m1/s1. The summed E-state index contributed by atoms with van der Waals surface area (Å²) in [6.07, 6.45) is 7.27. The maximum atomic E-state index is 11.4. The van der Waals surface area contributed by atoms with Crippen molar-refractivity contribution in [1.29, 1.82) is 0 Å². The Labute approximate surface area is 149 Å². The number of hydrogen-bond acceptors (Lipinski definition) is 3. The number of aryl methyl sites for hydroxylation is 1. The zero-order chi connectivity index (χ0) is 18.2. The van der Waals surface area contributed by atoms with Gasteiger partial charge in [-0.3, -0.25) is 0 Å². The lowest BCUT2D eigenvalue weighted by Crippen LogP contribution is -2.45. The number of rotatable bonds is 5. The van der Waals surface area contributed by atoms with Gasteiger partial charge < -0.3 is 14.9 Å². The van der Waals surface area contributed by atoms with Crippen LogP contribution in [0, 0.1) is 5.92 Å². The molecular weight excluding hydrogens is 316 g/mol. The number of aromatic hydroxyl groups is 1. The summed E-state index contributed by atoms with van der Waals surface area (Å²) in [6.45, 7) is 6.30. The molecule has 0 amide bonds. The molecule has 3 rings (SSSR count). The van der Waals surface area contributed by atoms with Crippen molar-refractivity contribution in [2.45, 2.75) is 70.8 Å². The number of benzene rings is 1. The van der Waals surface area contributed by atoms with E-state index in [2.05, 4.69) is 20.8 Å². The van der Waals surface area contributed by atoms with Crippen LogP contribution < -0.4 is 4.74 Å². The maximum absolute atomic E-state index is 11.4. The molecule has 1 aromatic rings. The van der Waals surface area contributed by atoms with Crippen molar-refractivity contribution >= 4 is 5.97 Å². The Morgan fingerprint density at radius 2 is 2.08 bits per heavy atom. The molecule has 136 valence electrons. The van der Waals surface area contributed by atoms with E-state index in [0.29, 0.717) is 18.4 Å². The van der Waals surface area contributed by atoms with Gasteiger partial charge in [-0.25, -0.2) is 4.79 Å². The fraction of sp³-hybridized carbons (Fsp3) is 0.571. The summed E-state index contributed by atoms with van der Waals surface area (Å²) in [5, 5.41) is 20.1. The van der Waals surface area contributed by atoms with Crippen molar-refractivity contribution in [2.24, 2.45) is 5.92 Å². The van der Waals surface area contributed by atoms with Gasteiger partial charge in [-0.15, -0.1) is 0 Å². The van der Waals surface area contributed by atoms with Crippen LogP contribution in [0.5, 0.6) is 11.5 Å². The topological polar surface area (TPSA) is 66.8 Å². The van der Waals surface area contributed by atoms with Crippen molar-refractivity contribution in [2.75, 3.05) is 0 Å². The quantitative estimate of drug-likeness (QED) is 0.753. The van der Waals surface area contributed by atoms with Crippen molar-refractivity contribution in [3.05, 3.63) is 34.9 Å². The summed E-state index contributed by atoms with van der Waals surface area (Å²) in [7, 11) is 0. The van der Waals surface area contributed by atoms with E-state index in [4.69, 9.17) is 4.74 Å². The number of unbranched alkanes of at least 4 members (excludes halogenated alkanes) is 2. The minimum atomic E-state index is -0.861. The molecule has 1 aromatic carbocycles. The number of ether oxygens (including phenoxy) is 1. The van der Waals surface area contributed by atoms with Crippen molar-refractivity contribution < 1.29 is 19.7 Å². The summed E-state index contributed by atoms with van der Waals surface area (Å²) in [4.78, 5) is 11.4. The molecule has 2 N–H and O–H groups in total. The van der Waals surface area contributed by atoms with Gasteiger partial charge in [0.2, 0.25) is 0 Å². The predicted octanol–water partition coefficient (Wildman–Crippen LogP) is 4.80. The highest BCUT2D eigenvalue weighted by atomic mass is 16.5. The Bertz CT molecular complexity index is 702. The first-order chi connectivity index (χ1) is 11.8. The molecule has 0 aromatic heterocycles. The molecule has 4 heteroatoms. The fourth-order valence-electron chi connectivity index (χ4n) is 4.35. The lowest BCUT2D eigenvalue weighted by molar-refractivity contribution is -0.133. The van der Waals surface area contributed by atoms with Gasteiger partial charge in [-0.2, -0.15) is 0 Å². The number of allylic oxidation sites excluding steroid dienone is 1. The van der Waals surface area contributed by atoms with E-state index in [1.807, 2.05) is 18.2 Å². The normalized spacial score (nSPS) is 23.9. The molecular formula is C21H28O4. The second-order valence-electron chi connectivity index (χ2n) is 7.88. The summed E-state index contributed by atoms with van der Waals surface area (Å²) >= 11 is 0. The Hall–Kier alpha value is -1.97. The highest BCUT2D eigenvalue weighted by Crippen LogP contribution is 2.54. The van der Waals surface area contributed by atoms with Gasteiger partial charge in [0.15, 0.2) is 0 Å². The lowest BCUT2D eigenvalue weighted by Gasteiger charge is -2.46. The highest BCUT2D eigenvalue weighted by molar-refractivity contribution is 5.87. The van der Waals surface area contributed by atoms with E-state index < -0.39 is 5.97 Å². The van der Waals surface area contributed by atoms with E-state index in [-0.39, 0.29) is 23.2 Å². The zero-order valence-electron chi connectivity index (χ0n) is 15.3. The van der Waals surface area contributed by atoms with E-state index in [1.165, 1.54) is 6.42 Å². The highest BCUT2D eigenvalue weighted by Gasteiger charge is 2.46. The van der Waals surface area contributed by atoms with Crippen LogP contribution in [0.1, 0.15) is 69.9 Å². The Balaban J connectivity index is 1.97. The number of fused-ring (bicyclic) bond motifs is 3. The average Bonchev–Trinajstić information content (AvgIpc) is 2.53. The summed E-state index contributed by atoms with van der Waals surface area (Å²) in [6, 6.07) is 3.88. The van der Waals surface area contributed by atoms with Gasteiger partial charge in [0.25, 0.3) is 0 Å². The van der Waals surface area contributed by atoms with Crippen LogP contribution in [0.15, 0.2) is 23.8 Å². The summed E-state index contributed by atoms with van der Waals surface area (Å²) in [5.41, 5.74) is 1.93. The molecule has 0 radical (unpaired) electrons. The second-order valence-corrected chi connectivity index (χ2v) is 7.88. The molecule has 0 saturated carbocycles. The number of aliphatic carboxylic acids is 1. The monoisotopic (exact) mass is 344 g/mol.